The lowest BCUT2D eigenvalue weighted by atomic mass is 9.92. The molecule has 2 saturated heterocycles. The van der Waals surface area contributed by atoms with E-state index in [1.807, 2.05) is 11.8 Å². The lowest BCUT2D eigenvalue weighted by Gasteiger charge is -2.37. The molecule has 2 fully saturated rings. The van der Waals surface area contributed by atoms with E-state index in [0.29, 0.717) is 25.4 Å². The van der Waals surface area contributed by atoms with Crippen LogP contribution in [0.1, 0.15) is 32.6 Å². The van der Waals surface area contributed by atoms with E-state index in [4.69, 9.17) is 5.73 Å². The smallest absolute Gasteiger partial charge is 0.241 e. The number of hydrogen-bond donors (Lipinski definition) is 1. The molecule has 0 unspecified atom stereocenters. The Morgan fingerprint density at radius 2 is 1.90 bits per heavy atom. The number of nitrogens with zero attached hydrogens (tertiary/aromatic N) is 2. The molecule has 7 heteroatoms. The molecule has 20 heavy (non-hydrogen) atoms. The molecule has 3 atom stereocenters. The molecule has 6 nitrogen and oxygen atoms in total. The maximum atomic E-state index is 12.6. The molecule has 2 aliphatic rings. The Morgan fingerprint density at radius 3 is 2.50 bits per heavy atom. The van der Waals surface area contributed by atoms with Crippen molar-refractivity contribution in [2.45, 2.75) is 44.7 Å². The molecule has 1 amide bonds. The fourth-order valence-corrected chi connectivity index (χ4v) is 4.35. The van der Waals surface area contributed by atoms with E-state index < -0.39 is 16.1 Å². The third-order valence-electron chi connectivity index (χ3n) is 4.43. The number of hydrogen-bond acceptors (Lipinski definition) is 4. The second kappa shape index (κ2) is 5.99. The second-order valence-corrected chi connectivity index (χ2v) is 8.01. The molecule has 0 radical (unpaired) electrons. The summed E-state index contributed by atoms with van der Waals surface area (Å²) >= 11 is 0. The van der Waals surface area contributed by atoms with Crippen LogP contribution in [0.15, 0.2) is 0 Å². The molecule has 2 aliphatic heterocycles. The summed E-state index contributed by atoms with van der Waals surface area (Å²) in [6.07, 6.45) is 4.56. The zero-order valence-electron chi connectivity index (χ0n) is 12.3. The van der Waals surface area contributed by atoms with E-state index in [0.717, 1.165) is 25.8 Å². The van der Waals surface area contributed by atoms with Crippen LogP contribution in [-0.2, 0) is 14.8 Å². The van der Waals surface area contributed by atoms with Crippen LogP contribution in [0.4, 0.5) is 0 Å². The maximum absolute atomic E-state index is 12.6. The van der Waals surface area contributed by atoms with Crippen LogP contribution in [0.2, 0.25) is 0 Å². The Labute approximate surface area is 121 Å². The van der Waals surface area contributed by atoms with Crippen LogP contribution in [0.3, 0.4) is 0 Å². The summed E-state index contributed by atoms with van der Waals surface area (Å²) in [6.45, 7) is 3.80. The molecule has 2 heterocycles. The van der Waals surface area contributed by atoms with Crippen LogP contribution < -0.4 is 5.73 Å². The summed E-state index contributed by atoms with van der Waals surface area (Å²) in [6, 6.07) is -0.433. The molecule has 0 spiro atoms. The fourth-order valence-electron chi connectivity index (χ4n) is 3.23. The van der Waals surface area contributed by atoms with E-state index in [-0.39, 0.29) is 11.9 Å². The molecule has 0 aromatic rings. The second-order valence-electron chi connectivity index (χ2n) is 6.08. The highest BCUT2D eigenvalue weighted by Gasteiger charge is 2.39. The molecule has 0 bridgehead atoms. The van der Waals surface area contributed by atoms with E-state index >= 15 is 0 Å². The van der Waals surface area contributed by atoms with Gasteiger partial charge in [-0.3, -0.25) is 4.79 Å². The normalized spacial score (nSPS) is 30.4. The zero-order valence-corrected chi connectivity index (χ0v) is 13.1. The van der Waals surface area contributed by atoms with Crippen molar-refractivity contribution in [2.24, 2.45) is 11.7 Å². The van der Waals surface area contributed by atoms with Gasteiger partial charge in [0, 0.05) is 25.7 Å². The van der Waals surface area contributed by atoms with E-state index in [9.17, 15) is 13.2 Å². The fraction of sp³-hybridized carbons (Fsp3) is 0.923. The molecule has 0 aromatic carbocycles. The van der Waals surface area contributed by atoms with Gasteiger partial charge in [-0.05, 0) is 38.5 Å². The van der Waals surface area contributed by atoms with Gasteiger partial charge in [-0.15, -0.1) is 0 Å². The first-order valence-corrected chi connectivity index (χ1v) is 9.16. The Morgan fingerprint density at radius 1 is 1.25 bits per heavy atom. The number of likely N-dealkylation sites (tertiary alicyclic amines) is 1. The van der Waals surface area contributed by atoms with E-state index in [1.165, 1.54) is 10.6 Å². The van der Waals surface area contributed by atoms with Crippen LogP contribution in [0.5, 0.6) is 0 Å². The van der Waals surface area contributed by atoms with E-state index in [2.05, 4.69) is 0 Å². The predicted octanol–water partition coefficient (Wildman–Crippen LogP) is -0.00380. The van der Waals surface area contributed by atoms with Crippen LogP contribution >= 0.6 is 0 Å². The summed E-state index contributed by atoms with van der Waals surface area (Å²) in [5, 5.41) is 0. The highest BCUT2D eigenvalue weighted by atomic mass is 32.2. The Bertz CT molecular complexity index is 463. The number of sulfonamides is 1. The summed E-state index contributed by atoms with van der Waals surface area (Å²) in [5.41, 5.74) is 5.94. The van der Waals surface area contributed by atoms with Crippen LogP contribution in [0, 0.1) is 5.92 Å². The van der Waals surface area contributed by atoms with Gasteiger partial charge in [0.25, 0.3) is 0 Å². The first kappa shape index (κ1) is 15.7. The topological polar surface area (TPSA) is 83.7 Å². The van der Waals surface area contributed by atoms with Gasteiger partial charge < -0.3 is 10.6 Å². The summed E-state index contributed by atoms with van der Waals surface area (Å²) < 4.78 is 24.8. The molecular weight excluding hydrogens is 278 g/mol. The third-order valence-corrected chi connectivity index (χ3v) is 5.72. The molecular formula is C13H25N3O3S. The number of rotatable bonds is 3. The minimum atomic E-state index is -3.30. The van der Waals surface area contributed by atoms with Gasteiger partial charge >= 0.3 is 0 Å². The van der Waals surface area contributed by atoms with Crippen molar-refractivity contribution in [1.29, 1.82) is 0 Å². The third kappa shape index (κ3) is 3.32. The van der Waals surface area contributed by atoms with Gasteiger partial charge in [-0.1, -0.05) is 0 Å². The standard InChI is InChI=1S/C13H25N3O3S/c1-10(14)11-5-3-7-15(9-11)13(17)12-6-4-8-16(12)20(2,18)19/h10-12H,3-9,14H2,1-2H3/t10-,11-,12+/m0/s1. The van der Waals surface area contributed by atoms with Crippen molar-refractivity contribution >= 4 is 15.9 Å². The van der Waals surface area contributed by atoms with Gasteiger partial charge in [0.15, 0.2) is 0 Å². The highest BCUT2D eigenvalue weighted by molar-refractivity contribution is 7.88. The predicted molar refractivity (Wildman–Crippen MR) is 77.5 cm³/mol. The van der Waals surface area contributed by atoms with Gasteiger partial charge in [0.1, 0.15) is 6.04 Å². The largest absolute Gasteiger partial charge is 0.341 e. The zero-order chi connectivity index (χ0) is 14.9. The van der Waals surface area contributed by atoms with Crippen LogP contribution in [-0.4, -0.2) is 61.5 Å². The van der Waals surface area contributed by atoms with Crippen molar-refractivity contribution < 1.29 is 13.2 Å². The van der Waals surface area contributed by atoms with E-state index in [1.54, 1.807) is 0 Å². The average Bonchev–Trinajstić information content (AvgIpc) is 2.87. The van der Waals surface area contributed by atoms with Crippen LogP contribution in [0.25, 0.3) is 0 Å². The van der Waals surface area contributed by atoms with Crippen molar-refractivity contribution in [3.05, 3.63) is 0 Å². The lowest BCUT2D eigenvalue weighted by Crippen LogP contribution is -2.52. The summed E-state index contributed by atoms with van der Waals surface area (Å²) in [4.78, 5) is 14.4. The molecule has 0 aromatic heterocycles. The molecule has 0 saturated carbocycles. The van der Waals surface area contributed by atoms with Crippen molar-refractivity contribution in [3.63, 3.8) is 0 Å². The lowest BCUT2D eigenvalue weighted by molar-refractivity contribution is -0.136. The Hall–Kier alpha value is -0.660. The van der Waals surface area contributed by atoms with Gasteiger partial charge in [0.05, 0.1) is 6.26 Å². The Kier molecular flexibility index (Phi) is 4.71. The van der Waals surface area contributed by atoms with Gasteiger partial charge in [-0.25, -0.2) is 8.42 Å². The first-order chi connectivity index (χ1) is 9.30. The number of amides is 1. The van der Waals surface area contributed by atoms with Crippen molar-refractivity contribution in [3.8, 4) is 0 Å². The number of carbonyl (C=O) groups is 1. The highest BCUT2D eigenvalue weighted by Crippen LogP contribution is 2.25. The Balaban J connectivity index is 2.07. The van der Waals surface area contributed by atoms with Gasteiger partial charge in [-0.2, -0.15) is 4.31 Å². The SMILES string of the molecule is C[C@H](N)[C@H]1CCCN(C(=O)[C@H]2CCCN2S(C)(=O)=O)C1. The molecule has 2 rings (SSSR count). The quantitative estimate of drug-likeness (QED) is 0.795. The summed E-state index contributed by atoms with van der Waals surface area (Å²) in [5.74, 6) is 0.277. The number of nitrogens with two attached hydrogens (primary N) is 1. The molecule has 2 N–H and O–H groups in total. The number of piperidine rings is 1. The summed E-state index contributed by atoms with van der Waals surface area (Å²) in [7, 11) is -3.30. The van der Waals surface area contributed by atoms with Gasteiger partial charge in [0.2, 0.25) is 15.9 Å². The molecule has 0 aliphatic carbocycles. The number of carbonyl (C=O) groups excluding carboxylic acids is 1. The van der Waals surface area contributed by atoms with Crippen molar-refractivity contribution in [2.75, 3.05) is 25.9 Å². The maximum Gasteiger partial charge on any atom is 0.241 e. The minimum absolute atomic E-state index is 0.0433. The minimum Gasteiger partial charge on any atom is -0.341 e. The van der Waals surface area contributed by atoms with Crippen molar-refractivity contribution in [1.82, 2.24) is 9.21 Å². The monoisotopic (exact) mass is 303 g/mol. The molecule has 116 valence electrons. The average molecular weight is 303 g/mol. The first-order valence-electron chi connectivity index (χ1n) is 7.32.